The molecule has 0 bridgehead atoms. The second kappa shape index (κ2) is 6.63. The average Bonchev–Trinajstić information content (AvgIpc) is 2.40. The van der Waals surface area contributed by atoms with Gasteiger partial charge in [0.05, 0.1) is 18.8 Å². The minimum absolute atomic E-state index is 0.0696. The van der Waals surface area contributed by atoms with E-state index in [1.54, 1.807) is 0 Å². The van der Waals surface area contributed by atoms with Crippen LogP contribution >= 0.6 is 12.2 Å². The number of nitrogens with zero attached hydrogens (tertiary/aromatic N) is 1. The molecule has 0 aliphatic carbocycles. The Morgan fingerprint density at radius 3 is 2.85 bits per heavy atom. The van der Waals surface area contributed by atoms with Crippen LogP contribution in [0, 0.1) is 6.92 Å². The summed E-state index contributed by atoms with van der Waals surface area (Å²) in [5.41, 5.74) is 9.01. The van der Waals surface area contributed by atoms with Gasteiger partial charge in [-0.2, -0.15) is 0 Å². The molecular weight excluding hydrogens is 272 g/mol. The lowest BCUT2D eigenvalue weighted by Gasteiger charge is -2.36. The first-order chi connectivity index (χ1) is 9.49. The second-order valence-corrected chi connectivity index (χ2v) is 5.89. The Bertz CT molecular complexity index is 493. The molecule has 1 aliphatic rings. The highest BCUT2D eigenvalue weighted by Crippen LogP contribution is 2.17. The summed E-state index contributed by atoms with van der Waals surface area (Å²) >= 11 is 5.00. The molecule has 1 aromatic rings. The highest BCUT2D eigenvalue weighted by molar-refractivity contribution is 7.80. The molecule has 0 radical (unpaired) electrons. The highest BCUT2D eigenvalue weighted by Gasteiger charge is 2.24. The van der Waals surface area contributed by atoms with Crippen LogP contribution in [0.3, 0.4) is 0 Å². The van der Waals surface area contributed by atoms with Gasteiger partial charge in [0.2, 0.25) is 0 Å². The van der Waals surface area contributed by atoms with Crippen LogP contribution in [-0.2, 0) is 11.3 Å². The van der Waals surface area contributed by atoms with E-state index < -0.39 is 0 Å². The molecule has 1 aromatic carbocycles. The van der Waals surface area contributed by atoms with E-state index in [2.05, 4.69) is 17.9 Å². The van der Waals surface area contributed by atoms with Gasteiger partial charge in [-0.15, -0.1) is 0 Å². The van der Waals surface area contributed by atoms with Gasteiger partial charge in [-0.25, -0.2) is 0 Å². The fourth-order valence-corrected chi connectivity index (χ4v) is 2.77. The van der Waals surface area contributed by atoms with Crippen molar-refractivity contribution >= 4 is 17.2 Å². The van der Waals surface area contributed by atoms with Crippen molar-refractivity contribution in [1.82, 2.24) is 4.90 Å². The smallest absolute Gasteiger partial charge is 0.103 e. The van der Waals surface area contributed by atoms with Gasteiger partial charge in [0.1, 0.15) is 4.99 Å². The molecule has 20 heavy (non-hydrogen) atoms. The summed E-state index contributed by atoms with van der Waals surface area (Å²) in [4.78, 5) is 2.75. The molecule has 2 unspecified atom stereocenters. The van der Waals surface area contributed by atoms with Gasteiger partial charge in [0, 0.05) is 25.2 Å². The number of morpholine rings is 1. The first-order valence-corrected chi connectivity index (χ1v) is 7.28. The molecule has 0 saturated carbocycles. The summed E-state index contributed by atoms with van der Waals surface area (Å²) in [6, 6.07) is 6.08. The van der Waals surface area contributed by atoms with Crippen molar-refractivity contribution in [3.05, 3.63) is 34.9 Å². The predicted molar refractivity (Wildman–Crippen MR) is 83.8 cm³/mol. The van der Waals surface area contributed by atoms with Gasteiger partial charge in [0.25, 0.3) is 0 Å². The number of aryl methyl sites for hydroxylation is 1. The van der Waals surface area contributed by atoms with Crippen LogP contribution in [0.1, 0.15) is 23.6 Å². The molecule has 110 valence electrons. The minimum atomic E-state index is -0.0880. The minimum Gasteiger partial charge on any atom is -0.394 e. The Morgan fingerprint density at radius 1 is 1.50 bits per heavy atom. The van der Waals surface area contributed by atoms with Crippen LogP contribution in [0.2, 0.25) is 0 Å². The molecule has 3 N–H and O–H groups in total. The number of thiocarbonyl (C=S) groups is 1. The quantitative estimate of drug-likeness (QED) is 0.818. The largest absolute Gasteiger partial charge is 0.394 e. The molecule has 2 rings (SSSR count). The first kappa shape index (κ1) is 15.4. The summed E-state index contributed by atoms with van der Waals surface area (Å²) in [7, 11) is 0. The maximum Gasteiger partial charge on any atom is 0.103 e. The summed E-state index contributed by atoms with van der Waals surface area (Å²) in [5, 5.41) is 9.26. The lowest BCUT2D eigenvalue weighted by molar-refractivity contribution is -0.0972. The number of aliphatic hydroxyl groups excluding tert-OH is 1. The summed E-state index contributed by atoms with van der Waals surface area (Å²) < 4.78 is 5.66. The van der Waals surface area contributed by atoms with Crippen LogP contribution in [0.5, 0.6) is 0 Å². The van der Waals surface area contributed by atoms with Crippen LogP contribution in [0.25, 0.3) is 0 Å². The normalized spacial score (nSPS) is 23.8. The monoisotopic (exact) mass is 294 g/mol. The lowest BCUT2D eigenvalue weighted by atomic mass is 10.0. The van der Waals surface area contributed by atoms with Gasteiger partial charge in [-0.1, -0.05) is 24.4 Å². The molecule has 0 spiro atoms. The summed E-state index contributed by atoms with van der Waals surface area (Å²) in [6.07, 6.45) is 0.0621. The molecule has 2 atom stereocenters. The third-order valence-electron chi connectivity index (χ3n) is 3.63. The van der Waals surface area contributed by atoms with E-state index in [9.17, 15) is 5.11 Å². The fraction of sp³-hybridized carbons (Fsp3) is 0.533. The molecule has 4 nitrogen and oxygen atoms in total. The van der Waals surface area contributed by atoms with E-state index in [1.807, 2.05) is 19.1 Å². The zero-order chi connectivity index (χ0) is 14.7. The van der Waals surface area contributed by atoms with Gasteiger partial charge in [-0.05, 0) is 31.0 Å². The van der Waals surface area contributed by atoms with Crippen molar-refractivity contribution in [2.45, 2.75) is 32.6 Å². The predicted octanol–water partition coefficient (Wildman–Crippen LogP) is 1.21. The number of aliphatic hydroxyl groups is 1. The number of nitrogens with two attached hydrogens (primary N) is 1. The average molecular weight is 294 g/mol. The zero-order valence-corrected chi connectivity index (χ0v) is 12.8. The molecule has 0 aromatic heterocycles. The van der Waals surface area contributed by atoms with Gasteiger partial charge in [0.15, 0.2) is 0 Å². The zero-order valence-electron chi connectivity index (χ0n) is 12.0. The standard InChI is InChI=1S/C15H22N2O2S/c1-10-5-12(15(16)20)3-4-13(10)7-17-6-11(2)19-14(8-17)9-18/h3-5,11,14,18H,6-9H2,1-2H3,(H2,16,20). The number of rotatable bonds is 4. The van der Waals surface area contributed by atoms with Crippen molar-refractivity contribution in [3.8, 4) is 0 Å². The first-order valence-electron chi connectivity index (χ1n) is 6.87. The Morgan fingerprint density at radius 2 is 2.25 bits per heavy atom. The van der Waals surface area contributed by atoms with E-state index in [0.29, 0.717) is 4.99 Å². The Balaban J connectivity index is 2.07. The van der Waals surface area contributed by atoms with E-state index in [0.717, 1.165) is 25.2 Å². The Labute approximate surface area is 125 Å². The van der Waals surface area contributed by atoms with Crippen LogP contribution in [0.4, 0.5) is 0 Å². The van der Waals surface area contributed by atoms with Gasteiger partial charge in [-0.3, -0.25) is 4.90 Å². The molecular formula is C15H22N2O2S. The number of benzene rings is 1. The van der Waals surface area contributed by atoms with Crippen molar-refractivity contribution in [1.29, 1.82) is 0 Å². The van der Waals surface area contributed by atoms with E-state index in [1.165, 1.54) is 11.1 Å². The summed E-state index contributed by atoms with van der Waals surface area (Å²) in [6.45, 7) is 6.68. The second-order valence-electron chi connectivity index (χ2n) is 5.45. The van der Waals surface area contributed by atoms with Crippen molar-refractivity contribution in [2.24, 2.45) is 5.73 Å². The molecule has 1 fully saturated rings. The highest BCUT2D eigenvalue weighted by atomic mass is 32.1. The number of hydrogen-bond donors (Lipinski definition) is 2. The SMILES string of the molecule is Cc1cc(C(N)=S)ccc1CN1CC(C)OC(CO)C1. The van der Waals surface area contributed by atoms with Gasteiger partial charge >= 0.3 is 0 Å². The van der Waals surface area contributed by atoms with Crippen LogP contribution in [0.15, 0.2) is 18.2 Å². The maximum atomic E-state index is 9.26. The summed E-state index contributed by atoms with van der Waals surface area (Å²) in [5.74, 6) is 0. The Hall–Kier alpha value is -1.01. The molecule has 1 heterocycles. The third kappa shape index (κ3) is 3.76. The molecule has 1 saturated heterocycles. The van der Waals surface area contributed by atoms with Crippen molar-refractivity contribution in [3.63, 3.8) is 0 Å². The van der Waals surface area contributed by atoms with Crippen molar-refractivity contribution < 1.29 is 9.84 Å². The molecule has 1 aliphatic heterocycles. The third-order valence-corrected chi connectivity index (χ3v) is 3.86. The fourth-order valence-electron chi connectivity index (χ4n) is 2.64. The van der Waals surface area contributed by atoms with Crippen molar-refractivity contribution in [2.75, 3.05) is 19.7 Å². The van der Waals surface area contributed by atoms with Crippen LogP contribution in [-0.4, -0.2) is 46.9 Å². The Kier molecular flexibility index (Phi) is 5.10. The molecule has 0 amide bonds. The van der Waals surface area contributed by atoms with E-state index in [4.69, 9.17) is 22.7 Å². The number of ether oxygens (including phenoxy) is 1. The topological polar surface area (TPSA) is 58.7 Å². The van der Waals surface area contributed by atoms with Crippen LogP contribution < -0.4 is 5.73 Å². The van der Waals surface area contributed by atoms with E-state index in [-0.39, 0.29) is 18.8 Å². The van der Waals surface area contributed by atoms with E-state index >= 15 is 0 Å². The maximum absolute atomic E-state index is 9.26. The number of hydrogen-bond acceptors (Lipinski definition) is 4. The van der Waals surface area contributed by atoms with Gasteiger partial charge < -0.3 is 15.6 Å². The lowest BCUT2D eigenvalue weighted by Crippen LogP contribution is -2.47. The molecule has 5 heteroatoms.